The quantitative estimate of drug-likeness (QED) is 0.154. The van der Waals surface area contributed by atoms with Crippen LogP contribution in [0.5, 0.6) is 0 Å². The highest BCUT2D eigenvalue weighted by Gasteiger charge is 2.59. The molecule has 0 unspecified atom stereocenters. The highest BCUT2D eigenvalue weighted by atomic mass is 35.5. The zero-order valence-corrected chi connectivity index (χ0v) is 18.3. The largest absolute Gasteiger partial charge is 0.454 e. The topological polar surface area (TPSA) is 124 Å². The lowest BCUT2D eigenvalue weighted by Gasteiger charge is -2.19. The van der Waals surface area contributed by atoms with Crippen molar-refractivity contribution < 1.29 is 28.8 Å². The number of rotatable bonds is 6. The maximum Gasteiger partial charge on any atom is 0.340 e. The first-order valence-corrected chi connectivity index (χ1v) is 10.9. The fourth-order valence-corrected chi connectivity index (χ4v) is 5.29. The minimum Gasteiger partial charge on any atom is -0.454 e. The van der Waals surface area contributed by atoms with E-state index in [0.717, 1.165) is 17.4 Å². The normalized spacial score (nSPS) is 24.4. The maximum atomic E-state index is 13.1. The number of amides is 2. The second-order valence-corrected chi connectivity index (χ2v) is 8.86. The average molecular weight is 481 g/mol. The van der Waals surface area contributed by atoms with Gasteiger partial charge in [0.05, 0.1) is 28.0 Å². The number of anilines is 1. The van der Waals surface area contributed by atoms with Crippen LogP contribution in [0.2, 0.25) is 5.02 Å². The third-order valence-electron chi connectivity index (χ3n) is 6.63. The van der Waals surface area contributed by atoms with E-state index in [1.807, 2.05) is 12.2 Å². The van der Waals surface area contributed by atoms with Crippen molar-refractivity contribution in [1.29, 1.82) is 0 Å². The van der Waals surface area contributed by atoms with E-state index in [1.54, 1.807) is 12.1 Å². The van der Waals surface area contributed by atoms with Crippen LogP contribution in [0.15, 0.2) is 54.6 Å². The van der Waals surface area contributed by atoms with E-state index in [0.29, 0.717) is 0 Å². The van der Waals surface area contributed by atoms with Gasteiger partial charge in [0.15, 0.2) is 6.61 Å². The average Bonchev–Trinajstić information content (AvgIpc) is 3.51. The number of carbonyl (C=O) groups is 4. The molecule has 9 nitrogen and oxygen atoms in total. The molecule has 1 saturated heterocycles. The van der Waals surface area contributed by atoms with E-state index in [4.69, 9.17) is 16.3 Å². The number of fused-ring (bicyclic) bond motifs is 5. The van der Waals surface area contributed by atoms with Crippen LogP contribution in [0.25, 0.3) is 0 Å². The number of esters is 1. The van der Waals surface area contributed by atoms with Crippen molar-refractivity contribution >= 4 is 46.5 Å². The molecule has 1 aliphatic heterocycles. The van der Waals surface area contributed by atoms with Crippen LogP contribution >= 0.6 is 11.6 Å². The minimum absolute atomic E-state index is 0.0246. The number of hydrogen-bond donors (Lipinski definition) is 0. The fraction of sp³-hybridized carbons (Fsp3) is 0.250. The number of halogens is 1. The molecule has 2 aromatic rings. The van der Waals surface area contributed by atoms with Crippen molar-refractivity contribution in [3.05, 3.63) is 80.9 Å². The molecule has 2 fully saturated rings. The van der Waals surface area contributed by atoms with Crippen molar-refractivity contribution in [2.24, 2.45) is 23.7 Å². The van der Waals surface area contributed by atoms with E-state index in [1.165, 1.54) is 24.3 Å². The van der Waals surface area contributed by atoms with Crippen molar-refractivity contribution in [1.82, 2.24) is 0 Å². The molecule has 3 aliphatic rings. The molecule has 172 valence electrons. The molecule has 0 N–H and O–H groups in total. The predicted octanol–water partition coefficient (Wildman–Crippen LogP) is 3.60. The van der Waals surface area contributed by atoms with E-state index in [2.05, 4.69) is 0 Å². The molecular weight excluding hydrogens is 464 g/mol. The molecule has 1 heterocycles. The highest BCUT2D eigenvalue weighted by Crippen LogP contribution is 2.53. The Morgan fingerprint density at radius 2 is 1.71 bits per heavy atom. The molecule has 2 aliphatic carbocycles. The molecule has 2 amide bonds. The lowest BCUT2D eigenvalue weighted by atomic mass is 9.85. The van der Waals surface area contributed by atoms with E-state index >= 15 is 0 Å². The zero-order valence-electron chi connectivity index (χ0n) is 17.5. The Morgan fingerprint density at radius 1 is 1.06 bits per heavy atom. The molecule has 10 heteroatoms. The Kier molecular flexibility index (Phi) is 5.28. The van der Waals surface area contributed by atoms with Gasteiger partial charge in [0.25, 0.3) is 5.69 Å². The Morgan fingerprint density at radius 3 is 2.35 bits per heavy atom. The number of imide groups is 1. The number of para-hydroxylation sites is 1. The van der Waals surface area contributed by atoms with Gasteiger partial charge in [0.2, 0.25) is 17.6 Å². The van der Waals surface area contributed by atoms with Gasteiger partial charge in [-0.1, -0.05) is 35.9 Å². The minimum atomic E-state index is -0.897. The summed E-state index contributed by atoms with van der Waals surface area (Å²) in [6, 6.07) is 9.59. The molecule has 1 saturated carbocycles. The van der Waals surface area contributed by atoms with Crippen molar-refractivity contribution in [2.45, 2.75) is 6.42 Å². The summed E-state index contributed by atoms with van der Waals surface area (Å²) in [6.45, 7) is -0.687. The third kappa shape index (κ3) is 3.40. The number of ether oxygens (including phenoxy) is 1. The summed E-state index contributed by atoms with van der Waals surface area (Å²) in [4.78, 5) is 62.9. The van der Waals surface area contributed by atoms with Gasteiger partial charge in [0, 0.05) is 11.6 Å². The first kappa shape index (κ1) is 22.0. The Bertz CT molecular complexity index is 1270. The van der Waals surface area contributed by atoms with Crippen LogP contribution < -0.4 is 4.90 Å². The molecule has 0 aromatic heterocycles. The first-order chi connectivity index (χ1) is 16.3. The number of carbonyl (C=O) groups excluding carboxylic acids is 4. The lowest BCUT2D eigenvalue weighted by molar-refractivity contribution is -0.384. The Balaban J connectivity index is 1.34. The summed E-state index contributed by atoms with van der Waals surface area (Å²) in [5, 5.41) is 10.9. The molecule has 5 rings (SSSR count). The third-order valence-corrected chi connectivity index (χ3v) is 6.95. The SMILES string of the molecule is O=C(COC(=O)c1ccccc1N1C(=O)[C@H]2[C@H](C1=O)[C@H]1C=C[C@H]2C1)c1ccc(Cl)c([N+](=O)[O-])c1. The summed E-state index contributed by atoms with van der Waals surface area (Å²) in [6.07, 6.45) is 4.75. The number of benzene rings is 2. The fourth-order valence-electron chi connectivity index (χ4n) is 5.10. The van der Waals surface area contributed by atoms with Crippen LogP contribution in [0.1, 0.15) is 27.1 Å². The smallest absolute Gasteiger partial charge is 0.340 e. The molecule has 34 heavy (non-hydrogen) atoms. The van der Waals surface area contributed by atoms with E-state index in [-0.39, 0.29) is 45.5 Å². The van der Waals surface area contributed by atoms with E-state index < -0.39 is 40.8 Å². The van der Waals surface area contributed by atoms with Crippen molar-refractivity contribution in [3.8, 4) is 0 Å². The monoisotopic (exact) mass is 480 g/mol. The van der Waals surface area contributed by atoms with Crippen LogP contribution in [0, 0.1) is 33.8 Å². The number of Topliss-reactive ketones (excluding diaryl/α,β-unsaturated/α-hetero) is 1. The lowest BCUT2D eigenvalue weighted by Crippen LogP contribution is -2.34. The number of ketones is 1. The standard InChI is InChI=1S/C24H17ClN2O7/c25-16-8-7-12(10-18(16)27(32)33)19(28)11-34-24(31)15-3-1-2-4-17(15)26-22(29)20-13-5-6-14(9-13)21(20)23(26)30/h1-8,10,13-14,20-21H,9,11H2/t13-,14-,20+,21+/m0/s1. The molecule has 4 atom stereocenters. The zero-order chi connectivity index (χ0) is 24.1. The summed E-state index contributed by atoms with van der Waals surface area (Å²) in [5.41, 5.74) is -0.396. The number of nitro groups is 1. The summed E-state index contributed by atoms with van der Waals surface area (Å²) in [5.74, 6) is -3.04. The van der Waals surface area contributed by atoms with Gasteiger partial charge in [-0.05, 0) is 42.5 Å². The van der Waals surface area contributed by atoms with Crippen LogP contribution in [0.3, 0.4) is 0 Å². The summed E-state index contributed by atoms with van der Waals surface area (Å²) >= 11 is 5.76. The number of nitrogens with zero attached hydrogens (tertiary/aromatic N) is 2. The highest BCUT2D eigenvalue weighted by molar-refractivity contribution is 6.32. The van der Waals surface area contributed by atoms with Gasteiger partial charge in [-0.2, -0.15) is 0 Å². The number of allylic oxidation sites excluding steroid dienone is 2. The molecule has 0 radical (unpaired) electrons. The maximum absolute atomic E-state index is 13.1. The van der Waals surface area contributed by atoms with Crippen LogP contribution in [-0.2, 0) is 14.3 Å². The summed E-state index contributed by atoms with van der Waals surface area (Å²) < 4.78 is 5.14. The van der Waals surface area contributed by atoms with Gasteiger partial charge in [0.1, 0.15) is 5.02 Å². The number of hydrogen-bond acceptors (Lipinski definition) is 7. The van der Waals surface area contributed by atoms with Gasteiger partial charge >= 0.3 is 5.97 Å². The van der Waals surface area contributed by atoms with Crippen molar-refractivity contribution in [2.75, 3.05) is 11.5 Å². The second-order valence-electron chi connectivity index (χ2n) is 8.45. The number of nitro benzene ring substituents is 1. The first-order valence-electron chi connectivity index (χ1n) is 10.6. The molecular formula is C24H17ClN2O7. The predicted molar refractivity (Wildman–Crippen MR) is 119 cm³/mol. The Labute approximate surface area is 198 Å². The molecule has 2 aromatic carbocycles. The van der Waals surface area contributed by atoms with Crippen molar-refractivity contribution in [3.63, 3.8) is 0 Å². The van der Waals surface area contributed by atoms with Crippen LogP contribution in [-0.4, -0.2) is 35.1 Å². The Hall–Kier alpha value is -3.85. The second kappa shape index (κ2) is 8.18. The molecule has 2 bridgehead atoms. The van der Waals surface area contributed by atoms with E-state index in [9.17, 15) is 29.3 Å². The summed E-state index contributed by atoms with van der Waals surface area (Å²) in [7, 11) is 0. The molecule has 0 spiro atoms. The van der Waals surface area contributed by atoms with Crippen LogP contribution in [0.4, 0.5) is 11.4 Å². The van der Waals surface area contributed by atoms with Gasteiger partial charge in [-0.3, -0.25) is 24.5 Å². The van der Waals surface area contributed by atoms with Gasteiger partial charge in [-0.25, -0.2) is 9.69 Å². The van der Waals surface area contributed by atoms with Gasteiger partial charge < -0.3 is 4.74 Å². The van der Waals surface area contributed by atoms with Gasteiger partial charge in [-0.15, -0.1) is 0 Å².